The molecule has 0 unspecified atom stereocenters. The summed E-state index contributed by atoms with van der Waals surface area (Å²) in [6.07, 6.45) is 0. The molecule has 0 atom stereocenters. The Morgan fingerprint density at radius 2 is 2.15 bits per heavy atom. The first kappa shape index (κ1) is 9.78. The molecule has 2 heteroatoms. The highest BCUT2D eigenvalue weighted by molar-refractivity contribution is 5.96. The first-order chi connectivity index (χ1) is 6.16. The summed E-state index contributed by atoms with van der Waals surface area (Å²) in [6, 6.07) is 5.54. The number of ether oxygens (including phenoxy) is 1. The van der Waals surface area contributed by atoms with E-state index in [1.165, 1.54) is 0 Å². The standard InChI is InChI=1S/C11H14O2/c1-4-13-11-7-5-6-10(8(11)2)9(3)12/h5-7H,4H2,1-3H3. The molecule has 0 amide bonds. The third-order valence-corrected chi connectivity index (χ3v) is 1.96. The van der Waals surface area contributed by atoms with Gasteiger partial charge >= 0.3 is 0 Å². The normalized spacial score (nSPS) is 9.77. The third kappa shape index (κ3) is 2.08. The zero-order chi connectivity index (χ0) is 9.84. The molecule has 2 nitrogen and oxygen atoms in total. The van der Waals surface area contributed by atoms with Gasteiger partial charge in [-0.1, -0.05) is 12.1 Å². The molecular formula is C11H14O2. The summed E-state index contributed by atoms with van der Waals surface area (Å²) in [5.74, 6) is 0.884. The fraction of sp³-hybridized carbons (Fsp3) is 0.364. The Balaban J connectivity index is 3.10. The van der Waals surface area contributed by atoms with Gasteiger partial charge < -0.3 is 4.74 Å². The summed E-state index contributed by atoms with van der Waals surface area (Å²) in [6.45, 7) is 6.03. The Bertz CT molecular complexity index is 316. The molecule has 0 fully saturated rings. The van der Waals surface area contributed by atoms with E-state index >= 15 is 0 Å². The minimum Gasteiger partial charge on any atom is -0.494 e. The summed E-state index contributed by atoms with van der Waals surface area (Å²) < 4.78 is 5.38. The predicted molar refractivity (Wildman–Crippen MR) is 52.4 cm³/mol. The first-order valence-electron chi connectivity index (χ1n) is 4.40. The highest BCUT2D eigenvalue weighted by Crippen LogP contribution is 2.21. The molecule has 70 valence electrons. The molecule has 0 aromatic heterocycles. The van der Waals surface area contributed by atoms with E-state index in [0.29, 0.717) is 6.61 Å². The molecule has 0 radical (unpaired) electrons. The van der Waals surface area contributed by atoms with Gasteiger partial charge in [0.05, 0.1) is 6.61 Å². The Kier molecular flexibility index (Phi) is 3.07. The minimum absolute atomic E-state index is 0.0825. The van der Waals surface area contributed by atoms with Gasteiger partial charge in [-0.2, -0.15) is 0 Å². The smallest absolute Gasteiger partial charge is 0.160 e. The van der Waals surface area contributed by atoms with Gasteiger partial charge in [-0.25, -0.2) is 0 Å². The summed E-state index contributed by atoms with van der Waals surface area (Å²) in [5.41, 5.74) is 1.67. The molecule has 0 saturated carbocycles. The van der Waals surface area contributed by atoms with Crippen molar-refractivity contribution in [3.8, 4) is 5.75 Å². The molecule has 0 N–H and O–H groups in total. The number of hydrogen-bond donors (Lipinski definition) is 0. The zero-order valence-corrected chi connectivity index (χ0v) is 8.26. The van der Waals surface area contributed by atoms with Gasteiger partial charge in [0.15, 0.2) is 5.78 Å². The Morgan fingerprint density at radius 3 is 2.69 bits per heavy atom. The molecule has 1 aromatic rings. The molecule has 0 bridgehead atoms. The minimum atomic E-state index is 0.0825. The quantitative estimate of drug-likeness (QED) is 0.665. The van der Waals surface area contributed by atoms with E-state index in [9.17, 15) is 4.79 Å². The maximum Gasteiger partial charge on any atom is 0.160 e. The number of rotatable bonds is 3. The lowest BCUT2D eigenvalue weighted by atomic mass is 10.1. The number of Topliss-reactive ketones (excluding diaryl/α,β-unsaturated/α-hetero) is 1. The van der Waals surface area contributed by atoms with Crippen molar-refractivity contribution in [2.75, 3.05) is 6.61 Å². The molecule has 0 heterocycles. The third-order valence-electron chi connectivity index (χ3n) is 1.96. The van der Waals surface area contributed by atoms with Crippen LogP contribution in [0.5, 0.6) is 5.75 Å². The summed E-state index contributed by atoms with van der Waals surface area (Å²) in [4.78, 5) is 11.2. The second-order valence-electron chi connectivity index (χ2n) is 2.92. The number of carbonyl (C=O) groups excluding carboxylic acids is 1. The molecule has 0 spiro atoms. The van der Waals surface area contributed by atoms with E-state index in [-0.39, 0.29) is 5.78 Å². The monoisotopic (exact) mass is 178 g/mol. The first-order valence-corrected chi connectivity index (χ1v) is 4.40. The zero-order valence-electron chi connectivity index (χ0n) is 8.26. The highest BCUT2D eigenvalue weighted by atomic mass is 16.5. The predicted octanol–water partition coefficient (Wildman–Crippen LogP) is 2.60. The van der Waals surface area contributed by atoms with Crippen LogP contribution >= 0.6 is 0 Å². The maximum atomic E-state index is 11.2. The van der Waals surface area contributed by atoms with Crippen molar-refractivity contribution in [3.05, 3.63) is 29.3 Å². The van der Waals surface area contributed by atoms with E-state index in [0.717, 1.165) is 16.9 Å². The average Bonchev–Trinajstić information content (AvgIpc) is 2.08. The van der Waals surface area contributed by atoms with Crippen molar-refractivity contribution in [1.29, 1.82) is 0 Å². The highest BCUT2D eigenvalue weighted by Gasteiger charge is 2.07. The van der Waals surface area contributed by atoms with E-state index in [1.54, 1.807) is 6.92 Å². The van der Waals surface area contributed by atoms with Crippen LogP contribution in [0, 0.1) is 6.92 Å². The number of hydrogen-bond acceptors (Lipinski definition) is 2. The lowest BCUT2D eigenvalue weighted by Gasteiger charge is -2.09. The molecule has 0 saturated heterocycles. The second kappa shape index (κ2) is 4.08. The van der Waals surface area contributed by atoms with Crippen molar-refractivity contribution < 1.29 is 9.53 Å². The molecule has 13 heavy (non-hydrogen) atoms. The summed E-state index contributed by atoms with van der Waals surface area (Å²) >= 11 is 0. The number of carbonyl (C=O) groups is 1. The molecule has 0 aliphatic carbocycles. The second-order valence-corrected chi connectivity index (χ2v) is 2.92. The molecule has 0 aliphatic rings. The van der Waals surface area contributed by atoms with Gasteiger partial charge in [0.1, 0.15) is 5.75 Å². The van der Waals surface area contributed by atoms with Crippen LogP contribution in [-0.2, 0) is 0 Å². The topological polar surface area (TPSA) is 26.3 Å². The van der Waals surface area contributed by atoms with Crippen molar-refractivity contribution in [3.63, 3.8) is 0 Å². The van der Waals surface area contributed by atoms with Crippen molar-refractivity contribution in [2.45, 2.75) is 20.8 Å². The van der Waals surface area contributed by atoms with Crippen LogP contribution in [0.1, 0.15) is 29.8 Å². The molecule has 1 rings (SSSR count). The van der Waals surface area contributed by atoms with Crippen LogP contribution in [0.4, 0.5) is 0 Å². The number of ketones is 1. The van der Waals surface area contributed by atoms with Crippen LogP contribution in [0.3, 0.4) is 0 Å². The largest absolute Gasteiger partial charge is 0.494 e. The van der Waals surface area contributed by atoms with Gasteiger partial charge in [-0.3, -0.25) is 4.79 Å². The maximum absolute atomic E-state index is 11.2. The van der Waals surface area contributed by atoms with Crippen molar-refractivity contribution in [1.82, 2.24) is 0 Å². The molecular weight excluding hydrogens is 164 g/mol. The Labute approximate surface area is 78.5 Å². The van der Waals surface area contributed by atoms with Gasteiger partial charge in [-0.15, -0.1) is 0 Å². The van der Waals surface area contributed by atoms with Crippen LogP contribution in [0.2, 0.25) is 0 Å². The van der Waals surface area contributed by atoms with Crippen LogP contribution in [-0.4, -0.2) is 12.4 Å². The Hall–Kier alpha value is -1.31. The lowest BCUT2D eigenvalue weighted by molar-refractivity contribution is 0.101. The fourth-order valence-corrected chi connectivity index (χ4v) is 1.31. The SMILES string of the molecule is CCOc1cccc(C(C)=O)c1C. The van der Waals surface area contributed by atoms with Crippen LogP contribution in [0.15, 0.2) is 18.2 Å². The molecule has 0 aliphatic heterocycles. The van der Waals surface area contributed by atoms with Gasteiger partial charge in [0.2, 0.25) is 0 Å². The van der Waals surface area contributed by atoms with E-state index in [2.05, 4.69) is 0 Å². The fourth-order valence-electron chi connectivity index (χ4n) is 1.31. The van der Waals surface area contributed by atoms with E-state index in [1.807, 2.05) is 32.0 Å². The number of benzene rings is 1. The van der Waals surface area contributed by atoms with Gasteiger partial charge in [-0.05, 0) is 26.8 Å². The Morgan fingerprint density at radius 1 is 1.46 bits per heavy atom. The van der Waals surface area contributed by atoms with E-state index in [4.69, 9.17) is 4.74 Å². The average molecular weight is 178 g/mol. The van der Waals surface area contributed by atoms with Gasteiger partial charge in [0, 0.05) is 11.1 Å². The molecule has 1 aromatic carbocycles. The van der Waals surface area contributed by atoms with Crippen LogP contribution in [0.25, 0.3) is 0 Å². The van der Waals surface area contributed by atoms with Crippen LogP contribution < -0.4 is 4.74 Å². The van der Waals surface area contributed by atoms with Crippen molar-refractivity contribution in [2.24, 2.45) is 0 Å². The lowest BCUT2D eigenvalue weighted by Crippen LogP contribution is -2.00. The van der Waals surface area contributed by atoms with E-state index < -0.39 is 0 Å². The van der Waals surface area contributed by atoms with Gasteiger partial charge in [0.25, 0.3) is 0 Å². The summed E-state index contributed by atoms with van der Waals surface area (Å²) in [5, 5.41) is 0. The van der Waals surface area contributed by atoms with Crippen molar-refractivity contribution >= 4 is 5.78 Å². The summed E-state index contributed by atoms with van der Waals surface area (Å²) in [7, 11) is 0.